The Balaban J connectivity index is 2.93. The van der Waals surface area contributed by atoms with Crippen LogP contribution in [0, 0.1) is 13.8 Å². The van der Waals surface area contributed by atoms with Crippen molar-refractivity contribution < 1.29 is 9.90 Å². The van der Waals surface area contributed by atoms with Crippen LogP contribution in [0.25, 0.3) is 10.9 Å². The van der Waals surface area contributed by atoms with Crippen molar-refractivity contribution in [2.24, 2.45) is 0 Å². The van der Waals surface area contributed by atoms with Crippen molar-refractivity contribution in [1.29, 1.82) is 0 Å². The predicted molar refractivity (Wildman–Crippen MR) is 54.7 cm³/mol. The number of aryl methyl sites for hydroxylation is 2. The van der Waals surface area contributed by atoms with Crippen molar-refractivity contribution in [2.45, 2.75) is 13.8 Å². The molecule has 0 bridgehead atoms. The zero-order valence-corrected chi connectivity index (χ0v) is 8.09. The van der Waals surface area contributed by atoms with Gasteiger partial charge in [0.2, 0.25) is 0 Å². The van der Waals surface area contributed by atoms with E-state index in [1.54, 1.807) is 6.92 Å². The summed E-state index contributed by atoms with van der Waals surface area (Å²) < 4.78 is 0. The highest BCUT2D eigenvalue weighted by atomic mass is 16.4. The Hall–Kier alpha value is -1.77. The van der Waals surface area contributed by atoms with E-state index >= 15 is 0 Å². The molecular weight excluding hydrogens is 178 g/mol. The van der Waals surface area contributed by atoms with Crippen LogP contribution in [0.3, 0.4) is 0 Å². The molecule has 0 fully saturated rings. The zero-order chi connectivity index (χ0) is 10.3. The molecule has 0 spiro atoms. The van der Waals surface area contributed by atoms with Crippen molar-refractivity contribution in [3.63, 3.8) is 0 Å². The predicted octanol–water partition coefficient (Wildman–Crippen LogP) is 2.48. The monoisotopic (exact) mass is 189 g/mol. The van der Waals surface area contributed by atoms with Crippen LogP contribution >= 0.6 is 0 Å². The fourth-order valence-electron chi connectivity index (χ4n) is 1.82. The highest BCUT2D eigenvalue weighted by Crippen LogP contribution is 2.24. The molecule has 0 radical (unpaired) electrons. The van der Waals surface area contributed by atoms with Gasteiger partial charge < -0.3 is 10.1 Å². The van der Waals surface area contributed by atoms with E-state index in [0.717, 1.165) is 16.5 Å². The van der Waals surface area contributed by atoms with Crippen LogP contribution in [0.5, 0.6) is 0 Å². The summed E-state index contributed by atoms with van der Waals surface area (Å²) in [5.41, 5.74) is 2.98. The average Bonchev–Trinajstić information content (AvgIpc) is 2.42. The first-order valence-electron chi connectivity index (χ1n) is 4.42. The summed E-state index contributed by atoms with van der Waals surface area (Å²) >= 11 is 0. The number of carboxylic acid groups (broad SMARTS) is 1. The molecule has 0 aliphatic rings. The summed E-state index contributed by atoms with van der Waals surface area (Å²) in [6.07, 6.45) is 0. The van der Waals surface area contributed by atoms with Crippen molar-refractivity contribution in [3.8, 4) is 0 Å². The van der Waals surface area contributed by atoms with Gasteiger partial charge in [0.05, 0.1) is 5.56 Å². The largest absolute Gasteiger partial charge is 0.478 e. The van der Waals surface area contributed by atoms with Gasteiger partial charge >= 0.3 is 5.97 Å². The van der Waals surface area contributed by atoms with Gasteiger partial charge in [-0.3, -0.25) is 0 Å². The Morgan fingerprint density at radius 1 is 1.36 bits per heavy atom. The normalized spacial score (nSPS) is 10.7. The number of H-pyrrole nitrogens is 1. The number of rotatable bonds is 1. The molecular formula is C11H11NO2. The smallest absolute Gasteiger partial charge is 0.338 e. The number of hydrogen-bond donors (Lipinski definition) is 2. The van der Waals surface area contributed by atoms with Crippen molar-refractivity contribution in [1.82, 2.24) is 4.98 Å². The standard InChI is InChI=1S/C11H11NO2/c1-6-4-3-5-8-9(6)10(11(13)14)7(2)12-8/h3-5,12H,1-2H3,(H,13,14). The number of fused-ring (bicyclic) bond motifs is 1. The van der Waals surface area contributed by atoms with Gasteiger partial charge in [-0.15, -0.1) is 0 Å². The first-order valence-corrected chi connectivity index (χ1v) is 4.42. The third-order valence-corrected chi connectivity index (χ3v) is 2.43. The fourth-order valence-corrected chi connectivity index (χ4v) is 1.82. The van der Waals surface area contributed by atoms with Gasteiger partial charge in [-0.2, -0.15) is 0 Å². The molecule has 1 aromatic carbocycles. The molecule has 0 amide bonds. The van der Waals surface area contributed by atoms with Gasteiger partial charge in [-0.25, -0.2) is 4.79 Å². The fraction of sp³-hybridized carbons (Fsp3) is 0.182. The molecule has 1 aromatic heterocycles. The number of aromatic amines is 1. The van der Waals surface area contributed by atoms with E-state index in [2.05, 4.69) is 4.98 Å². The molecule has 0 aliphatic carbocycles. The number of aromatic carboxylic acids is 1. The maximum absolute atomic E-state index is 11.0. The topological polar surface area (TPSA) is 53.1 Å². The second-order valence-electron chi connectivity index (χ2n) is 3.43. The van der Waals surface area contributed by atoms with Crippen LogP contribution in [-0.2, 0) is 0 Å². The molecule has 3 heteroatoms. The first-order chi connectivity index (χ1) is 6.61. The lowest BCUT2D eigenvalue weighted by atomic mass is 10.1. The van der Waals surface area contributed by atoms with Crippen LogP contribution in [0.2, 0.25) is 0 Å². The molecule has 72 valence electrons. The molecule has 2 N–H and O–H groups in total. The van der Waals surface area contributed by atoms with Gasteiger partial charge in [0.1, 0.15) is 0 Å². The molecule has 0 saturated heterocycles. The van der Waals surface area contributed by atoms with Crippen molar-refractivity contribution >= 4 is 16.9 Å². The van der Waals surface area contributed by atoms with Crippen LogP contribution in [0.1, 0.15) is 21.6 Å². The third-order valence-electron chi connectivity index (χ3n) is 2.43. The lowest BCUT2D eigenvalue weighted by Gasteiger charge is -1.97. The summed E-state index contributed by atoms with van der Waals surface area (Å²) in [6.45, 7) is 3.70. The molecule has 1 heterocycles. The van der Waals surface area contributed by atoms with Crippen LogP contribution in [-0.4, -0.2) is 16.1 Å². The van der Waals surface area contributed by atoms with Gasteiger partial charge in [-0.05, 0) is 25.5 Å². The van der Waals surface area contributed by atoms with E-state index < -0.39 is 5.97 Å². The first kappa shape index (κ1) is 8.81. The summed E-state index contributed by atoms with van der Waals surface area (Å²) in [6, 6.07) is 5.73. The minimum absolute atomic E-state index is 0.387. The van der Waals surface area contributed by atoms with E-state index in [1.165, 1.54) is 0 Å². The Bertz CT molecular complexity index is 511. The van der Waals surface area contributed by atoms with E-state index in [1.807, 2.05) is 25.1 Å². The van der Waals surface area contributed by atoms with E-state index in [4.69, 9.17) is 5.11 Å². The Morgan fingerprint density at radius 3 is 2.71 bits per heavy atom. The SMILES string of the molecule is Cc1[nH]c2cccc(C)c2c1C(=O)O. The highest BCUT2D eigenvalue weighted by molar-refractivity contribution is 6.05. The van der Waals surface area contributed by atoms with E-state index in [-0.39, 0.29) is 0 Å². The van der Waals surface area contributed by atoms with Gasteiger partial charge in [-0.1, -0.05) is 12.1 Å². The molecule has 3 nitrogen and oxygen atoms in total. The number of benzene rings is 1. The second kappa shape index (κ2) is 2.87. The van der Waals surface area contributed by atoms with Gasteiger partial charge in [0.15, 0.2) is 0 Å². The lowest BCUT2D eigenvalue weighted by Crippen LogP contribution is -1.97. The maximum atomic E-state index is 11.0. The molecule has 0 aliphatic heterocycles. The summed E-state index contributed by atoms with van der Waals surface area (Å²) in [4.78, 5) is 14.1. The number of aromatic nitrogens is 1. The number of carboxylic acids is 1. The molecule has 0 unspecified atom stereocenters. The van der Waals surface area contributed by atoms with E-state index in [0.29, 0.717) is 11.3 Å². The minimum atomic E-state index is -0.872. The Labute approximate surface area is 81.4 Å². The molecule has 0 atom stereocenters. The van der Waals surface area contributed by atoms with Crippen LogP contribution in [0.4, 0.5) is 0 Å². The lowest BCUT2D eigenvalue weighted by molar-refractivity contribution is 0.0698. The molecule has 0 saturated carbocycles. The average molecular weight is 189 g/mol. The maximum Gasteiger partial charge on any atom is 0.338 e. The third kappa shape index (κ3) is 1.09. The summed E-state index contributed by atoms with van der Waals surface area (Å²) in [7, 11) is 0. The number of nitrogens with one attached hydrogen (secondary N) is 1. The number of hydrogen-bond acceptors (Lipinski definition) is 1. The molecule has 14 heavy (non-hydrogen) atoms. The van der Waals surface area contributed by atoms with Gasteiger partial charge in [0, 0.05) is 16.6 Å². The van der Waals surface area contributed by atoms with Gasteiger partial charge in [0.25, 0.3) is 0 Å². The van der Waals surface area contributed by atoms with Crippen molar-refractivity contribution in [2.75, 3.05) is 0 Å². The quantitative estimate of drug-likeness (QED) is 0.724. The zero-order valence-electron chi connectivity index (χ0n) is 8.09. The second-order valence-corrected chi connectivity index (χ2v) is 3.43. The minimum Gasteiger partial charge on any atom is -0.478 e. The summed E-state index contributed by atoms with van der Waals surface area (Å²) in [5.74, 6) is -0.872. The van der Waals surface area contributed by atoms with Crippen molar-refractivity contribution in [3.05, 3.63) is 35.0 Å². The Kier molecular flexibility index (Phi) is 1.81. The highest BCUT2D eigenvalue weighted by Gasteiger charge is 2.15. The van der Waals surface area contributed by atoms with Crippen LogP contribution < -0.4 is 0 Å². The molecule has 2 rings (SSSR count). The molecule has 2 aromatic rings. The van der Waals surface area contributed by atoms with E-state index in [9.17, 15) is 4.79 Å². The van der Waals surface area contributed by atoms with Crippen LogP contribution in [0.15, 0.2) is 18.2 Å². The Morgan fingerprint density at radius 2 is 2.07 bits per heavy atom. The number of carbonyl (C=O) groups is 1. The summed E-state index contributed by atoms with van der Waals surface area (Å²) in [5, 5.41) is 9.87.